The molecule has 0 saturated carbocycles. The van der Waals surface area contributed by atoms with Crippen LogP contribution in [0.2, 0.25) is 19.1 Å². The largest absolute Gasteiger partial charge is 0.256 e. The fourth-order valence-corrected chi connectivity index (χ4v) is 26.2. The monoisotopic (exact) mass is 532 g/mol. The van der Waals surface area contributed by atoms with Crippen LogP contribution in [0.4, 0.5) is 0 Å². The fraction of sp³-hybridized carbons (Fsp3) is 1.00. The maximum Gasteiger partial charge on any atom is 0.256 e. The maximum absolute atomic E-state index is 12.6. The first kappa shape index (κ1) is 32.1. The Morgan fingerprint density at radius 1 is 0.500 bits per heavy atom. The van der Waals surface area contributed by atoms with E-state index >= 15 is 0 Å². The number of hydrogen-bond acceptors (Lipinski definition) is 6. The van der Waals surface area contributed by atoms with E-state index in [0.29, 0.717) is 12.5 Å². The smallest absolute Gasteiger partial charge is 0.227 e. The van der Waals surface area contributed by atoms with Crippen molar-refractivity contribution in [3.63, 3.8) is 0 Å². The maximum atomic E-state index is 12.6. The molecule has 0 saturated heterocycles. The number of sulfone groups is 3. The van der Waals surface area contributed by atoms with E-state index in [2.05, 4.69) is 6.92 Å². The van der Waals surface area contributed by atoms with Crippen molar-refractivity contribution in [3.8, 4) is 0 Å². The fourth-order valence-electron chi connectivity index (χ4n) is 5.25. The molecule has 0 aromatic heterocycles. The first-order valence-corrected chi connectivity index (χ1v) is 21.0. The summed E-state index contributed by atoms with van der Waals surface area (Å²) in [7, 11) is -16.4. The first-order valence-electron chi connectivity index (χ1n) is 12.1. The minimum absolute atomic E-state index is 0.345. The molecule has 0 rings (SSSR count). The average Bonchev–Trinajstić information content (AvgIpc) is 2.58. The van der Waals surface area contributed by atoms with Crippen molar-refractivity contribution in [2.75, 3.05) is 18.8 Å². The van der Waals surface area contributed by atoms with Crippen molar-refractivity contribution in [2.45, 2.75) is 119 Å². The SMILES string of the molecule is CCCCCCCCCCCCCCCC[Si](C)(C)C(S(C)(=O)=O)(S(C)(=O)=O)S(C)(=O)=O. The van der Waals surface area contributed by atoms with Crippen LogP contribution >= 0.6 is 0 Å². The Hall–Kier alpha value is 0.0669. The second-order valence-corrected chi connectivity index (χ2v) is 23.5. The number of rotatable bonds is 19. The Labute approximate surface area is 200 Å². The van der Waals surface area contributed by atoms with Crippen LogP contribution in [0.25, 0.3) is 0 Å². The second kappa shape index (κ2) is 13.8. The van der Waals surface area contributed by atoms with Crippen molar-refractivity contribution in [3.05, 3.63) is 0 Å². The molecule has 0 aromatic carbocycles. The van der Waals surface area contributed by atoms with Crippen molar-refractivity contribution >= 4 is 37.6 Å². The van der Waals surface area contributed by atoms with Crippen molar-refractivity contribution < 1.29 is 25.3 Å². The Morgan fingerprint density at radius 2 is 0.750 bits per heavy atom. The minimum Gasteiger partial charge on any atom is -0.227 e. The van der Waals surface area contributed by atoms with Gasteiger partial charge in [0.05, 0.1) is 0 Å². The van der Waals surface area contributed by atoms with Crippen LogP contribution in [0.3, 0.4) is 0 Å². The van der Waals surface area contributed by atoms with Crippen LogP contribution in [0.5, 0.6) is 0 Å². The molecule has 0 atom stereocenters. The molecule has 0 aromatic rings. The predicted molar refractivity (Wildman–Crippen MR) is 140 cm³/mol. The van der Waals surface area contributed by atoms with Crippen LogP contribution in [-0.4, -0.2) is 55.1 Å². The Kier molecular flexibility index (Phi) is 13.9. The van der Waals surface area contributed by atoms with E-state index in [0.717, 1.165) is 38.0 Å². The van der Waals surface area contributed by atoms with Crippen LogP contribution in [0.1, 0.15) is 96.8 Å². The van der Waals surface area contributed by atoms with E-state index in [1.165, 1.54) is 64.2 Å². The van der Waals surface area contributed by atoms with Gasteiger partial charge in [0.1, 0.15) is 8.07 Å². The first-order chi connectivity index (χ1) is 14.6. The summed E-state index contributed by atoms with van der Waals surface area (Å²) in [4.78, 5) is 0. The molecule has 32 heavy (non-hydrogen) atoms. The normalized spacial score (nSPS) is 14.1. The molecular weight excluding hydrogens is 485 g/mol. The summed E-state index contributed by atoms with van der Waals surface area (Å²) in [6.07, 6.45) is 18.9. The second-order valence-electron chi connectivity index (χ2n) is 10.1. The molecule has 0 unspecified atom stereocenters. The molecule has 0 amide bonds. The van der Waals surface area contributed by atoms with E-state index in [1.54, 1.807) is 13.1 Å². The molecule has 0 spiro atoms. The van der Waals surface area contributed by atoms with Gasteiger partial charge in [0.25, 0.3) is 3.03 Å². The molecule has 194 valence electrons. The van der Waals surface area contributed by atoms with Gasteiger partial charge in [-0.2, -0.15) is 0 Å². The summed E-state index contributed by atoms with van der Waals surface area (Å²) >= 11 is 0. The van der Waals surface area contributed by atoms with Crippen molar-refractivity contribution in [1.29, 1.82) is 0 Å². The van der Waals surface area contributed by atoms with E-state index in [1.807, 2.05) is 0 Å². The highest BCUT2D eigenvalue weighted by Gasteiger charge is 2.68. The highest BCUT2D eigenvalue weighted by atomic mass is 32.3. The lowest BCUT2D eigenvalue weighted by molar-refractivity contribution is 0.537. The zero-order chi connectivity index (χ0) is 25.1. The van der Waals surface area contributed by atoms with Gasteiger partial charge in [-0.3, -0.25) is 0 Å². The Balaban J connectivity index is 4.53. The van der Waals surface area contributed by atoms with Gasteiger partial charge < -0.3 is 0 Å². The van der Waals surface area contributed by atoms with Crippen LogP contribution in [0.15, 0.2) is 0 Å². The third-order valence-corrected chi connectivity index (χ3v) is 26.4. The zero-order valence-electron chi connectivity index (χ0n) is 21.3. The summed E-state index contributed by atoms with van der Waals surface area (Å²) in [5.41, 5.74) is 0. The van der Waals surface area contributed by atoms with Gasteiger partial charge in [0, 0.05) is 18.8 Å². The van der Waals surface area contributed by atoms with Gasteiger partial charge in [-0.15, -0.1) is 0 Å². The summed E-state index contributed by atoms with van der Waals surface area (Å²) in [6, 6.07) is 0.345. The van der Waals surface area contributed by atoms with Gasteiger partial charge >= 0.3 is 0 Å². The zero-order valence-corrected chi connectivity index (χ0v) is 24.7. The van der Waals surface area contributed by atoms with E-state index in [9.17, 15) is 25.3 Å². The topological polar surface area (TPSA) is 102 Å². The van der Waals surface area contributed by atoms with Crippen LogP contribution in [0, 0.1) is 0 Å². The highest BCUT2D eigenvalue weighted by Crippen LogP contribution is 2.42. The Bertz CT molecular complexity index is 767. The van der Waals surface area contributed by atoms with Gasteiger partial charge in [-0.1, -0.05) is 116 Å². The van der Waals surface area contributed by atoms with Crippen molar-refractivity contribution in [1.82, 2.24) is 0 Å². The Morgan fingerprint density at radius 3 is 1.00 bits per heavy atom. The van der Waals surface area contributed by atoms with Crippen molar-refractivity contribution in [2.24, 2.45) is 0 Å². The van der Waals surface area contributed by atoms with Gasteiger partial charge in [0.2, 0.25) is 0 Å². The summed E-state index contributed by atoms with van der Waals surface area (Å²) in [5, 5.41) is 0. The molecular formula is C22H48O6S3Si. The third-order valence-electron chi connectivity index (χ3n) is 6.45. The van der Waals surface area contributed by atoms with E-state index in [4.69, 9.17) is 0 Å². The van der Waals surface area contributed by atoms with Crippen LogP contribution in [-0.2, 0) is 29.5 Å². The number of hydrogen-bond donors (Lipinski definition) is 0. The van der Waals surface area contributed by atoms with Gasteiger partial charge in [-0.05, 0) is 0 Å². The molecule has 0 bridgehead atoms. The summed E-state index contributed by atoms with van der Waals surface area (Å²) in [5.74, 6) is 0. The van der Waals surface area contributed by atoms with E-state index < -0.39 is 40.6 Å². The summed E-state index contributed by atoms with van der Waals surface area (Å²) < 4.78 is 73.0. The van der Waals surface area contributed by atoms with E-state index in [-0.39, 0.29) is 0 Å². The molecule has 6 nitrogen and oxygen atoms in total. The lowest BCUT2D eigenvalue weighted by atomic mass is 10.0. The predicted octanol–water partition coefficient (Wildman–Crippen LogP) is 5.50. The molecule has 0 fully saturated rings. The quantitative estimate of drug-likeness (QED) is 0.161. The van der Waals surface area contributed by atoms with Gasteiger partial charge in [0.15, 0.2) is 29.5 Å². The van der Waals surface area contributed by atoms with Crippen LogP contribution < -0.4 is 0 Å². The average molecular weight is 533 g/mol. The molecule has 0 aliphatic rings. The molecule has 0 aliphatic carbocycles. The standard InChI is InChI=1S/C22H48O6S3Si/c1-7-8-9-10-11-12-13-14-15-16-17-18-19-20-21-32(5,6)22(29(2,23)24,30(3,25)26)31(4,27)28/h7-21H2,1-6H3. The lowest BCUT2D eigenvalue weighted by Gasteiger charge is -2.40. The minimum atomic E-state index is -4.38. The summed E-state index contributed by atoms with van der Waals surface area (Å²) in [6.45, 7) is 5.40. The lowest BCUT2D eigenvalue weighted by Crippen LogP contribution is -2.67. The molecule has 0 heterocycles. The molecule has 0 N–H and O–H groups in total. The molecule has 0 radical (unpaired) electrons. The third kappa shape index (κ3) is 9.02. The van der Waals surface area contributed by atoms with Gasteiger partial charge in [-0.25, -0.2) is 25.3 Å². The molecule has 10 heteroatoms. The number of unbranched alkanes of at least 4 members (excludes halogenated alkanes) is 13. The highest BCUT2D eigenvalue weighted by molar-refractivity contribution is 8.28. The molecule has 0 aliphatic heterocycles.